The van der Waals surface area contributed by atoms with Gasteiger partial charge in [0.15, 0.2) is 0 Å². The van der Waals surface area contributed by atoms with Gasteiger partial charge in [-0.15, -0.1) is 0 Å². The monoisotopic (exact) mass is 256 g/mol. The molecule has 0 fully saturated rings. The maximum Gasteiger partial charge on any atom is 0.0507 e. The molecule has 0 bridgehead atoms. The fourth-order valence-corrected chi connectivity index (χ4v) is 1.73. The minimum Gasteiger partial charge on any atom is -0.399 e. The molecule has 0 amide bonds. The van der Waals surface area contributed by atoms with E-state index in [0.29, 0.717) is 6.04 Å². The summed E-state index contributed by atoms with van der Waals surface area (Å²) in [6, 6.07) is 6.35. The number of benzene rings is 1. The van der Waals surface area contributed by atoms with Crippen molar-refractivity contribution in [3.05, 3.63) is 22.7 Å². The number of hydrogen-bond donors (Lipinski definition) is 2. The van der Waals surface area contributed by atoms with Gasteiger partial charge in [-0.1, -0.05) is 13.8 Å². The van der Waals surface area contributed by atoms with Crippen molar-refractivity contribution in [1.29, 1.82) is 0 Å². The van der Waals surface area contributed by atoms with Crippen LogP contribution in [0.2, 0.25) is 0 Å². The smallest absolute Gasteiger partial charge is 0.0507 e. The predicted molar refractivity (Wildman–Crippen MR) is 66.5 cm³/mol. The zero-order chi connectivity index (χ0) is 10.6. The Kier molecular flexibility index (Phi) is 4.26. The van der Waals surface area contributed by atoms with Crippen LogP contribution < -0.4 is 11.1 Å². The van der Waals surface area contributed by atoms with E-state index in [2.05, 4.69) is 35.1 Å². The lowest BCUT2D eigenvalue weighted by molar-refractivity contribution is 0.671. The van der Waals surface area contributed by atoms with Crippen LogP contribution in [0.5, 0.6) is 0 Å². The van der Waals surface area contributed by atoms with Crippen LogP contribution >= 0.6 is 15.9 Å². The molecule has 3 heteroatoms. The lowest BCUT2D eigenvalue weighted by atomic mass is 10.1. The summed E-state index contributed by atoms with van der Waals surface area (Å²) in [7, 11) is 0. The van der Waals surface area contributed by atoms with Crippen LogP contribution in [0.4, 0.5) is 11.4 Å². The lowest BCUT2D eigenvalue weighted by Gasteiger charge is -2.17. The van der Waals surface area contributed by atoms with Gasteiger partial charge in [-0.05, 0) is 47.0 Å². The summed E-state index contributed by atoms with van der Waals surface area (Å²) in [4.78, 5) is 0. The molecule has 0 heterocycles. The first-order valence-corrected chi connectivity index (χ1v) is 5.78. The van der Waals surface area contributed by atoms with Crippen molar-refractivity contribution in [2.45, 2.75) is 32.7 Å². The van der Waals surface area contributed by atoms with Crippen LogP contribution in [-0.2, 0) is 0 Å². The summed E-state index contributed by atoms with van der Waals surface area (Å²) < 4.78 is 1.07. The Morgan fingerprint density at radius 1 is 1.36 bits per heavy atom. The molecule has 78 valence electrons. The molecule has 0 saturated carbocycles. The van der Waals surface area contributed by atoms with E-state index in [1.807, 2.05) is 18.2 Å². The van der Waals surface area contributed by atoms with E-state index in [1.165, 1.54) is 0 Å². The molecule has 0 aromatic heterocycles. The lowest BCUT2D eigenvalue weighted by Crippen LogP contribution is -2.17. The molecule has 3 N–H and O–H groups in total. The van der Waals surface area contributed by atoms with Crippen molar-refractivity contribution in [3.8, 4) is 0 Å². The Hall–Kier alpha value is -0.700. The number of nitrogens with one attached hydrogen (secondary N) is 1. The maximum absolute atomic E-state index is 5.73. The highest BCUT2D eigenvalue weighted by atomic mass is 79.9. The van der Waals surface area contributed by atoms with E-state index in [9.17, 15) is 0 Å². The van der Waals surface area contributed by atoms with E-state index >= 15 is 0 Å². The average molecular weight is 257 g/mol. The molecule has 0 aliphatic carbocycles. The molecule has 2 nitrogen and oxygen atoms in total. The van der Waals surface area contributed by atoms with Crippen LogP contribution in [-0.4, -0.2) is 6.04 Å². The summed E-state index contributed by atoms with van der Waals surface area (Å²) >= 11 is 3.50. The standard InChI is InChI=1S/C11H17BrN2/c1-3-9(4-2)14-11-7-8(13)5-6-10(11)12/h5-7,9,14H,3-4,13H2,1-2H3. The molecule has 0 aliphatic rings. The molecule has 0 radical (unpaired) electrons. The van der Waals surface area contributed by atoms with Crippen LogP contribution in [0.25, 0.3) is 0 Å². The second-order valence-corrected chi connectivity index (χ2v) is 4.25. The van der Waals surface area contributed by atoms with Gasteiger partial charge in [-0.2, -0.15) is 0 Å². The molecule has 0 saturated heterocycles. The molecule has 14 heavy (non-hydrogen) atoms. The van der Waals surface area contributed by atoms with Gasteiger partial charge < -0.3 is 11.1 Å². The van der Waals surface area contributed by atoms with Crippen molar-refractivity contribution < 1.29 is 0 Å². The number of nitrogen functional groups attached to an aromatic ring is 1. The minimum atomic E-state index is 0.521. The Morgan fingerprint density at radius 3 is 2.57 bits per heavy atom. The SMILES string of the molecule is CCC(CC)Nc1cc(N)ccc1Br. The van der Waals surface area contributed by atoms with Crippen LogP contribution in [0, 0.1) is 0 Å². The van der Waals surface area contributed by atoms with Crippen molar-refractivity contribution in [2.75, 3.05) is 11.1 Å². The zero-order valence-electron chi connectivity index (χ0n) is 8.68. The first kappa shape index (κ1) is 11.4. The molecule has 0 aliphatic heterocycles. The fraction of sp³-hybridized carbons (Fsp3) is 0.455. The second kappa shape index (κ2) is 5.25. The first-order valence-electron chi connectivity index (χ1n) is 4.99. The largest absolute Gasteiger partial charge is 0.399 e. The van der Waals surface area contributed by atoms with E-state index < -0.39 is 0 Å². The third-order valence-electron chi connectivity index (χ3n) is 2.34. The van der Waals surface area contributed by atoms with Crippen LogP contribution in [0.15, 0.2) is 22.7 Å². The number of halogens is 1. The maximum atomic E-state index is 5.73. The van der Waals surface area contributed by atoms with E-state index in [4.69, 9.17) is 5.73 Å². The first-order chi connectivity index (χ1) is 6.67. The molecule has 0 spiro atoms. The van der Waals surface area contributed by atoms with Gasteiger partial charge in [-0.3, -0.25) is 0 Å². The quantitative estimate of drug-likeness (QED) is 0.808. The van der Waals surface area contributed by atoms with E-state index in [-0.39, 0.29) is 0 Å². The highest BCUT2D eigenvalue weighted by Gasteiger charge is 2.05. The third kappa shape index (κ3) is 2.91. The van der Waals surface area contributed by atoms with Gasteiger partial charge in [0.2, 0.25) is 0 Å². The topological polar surface area (TPSA) is 38.0 Å². The number of rotatable bonds is 4. The number of anilines is 2. The fourth-order valence-electron chi connectivity index (χ4n) is 1.37. The summed E-state index contributed by atoms with van der Waals surface area (Å²) in [6.07, 6.45) is 2.25. The van der Waals surface area contributed by atoms with E-state index in [1.54, 1.807) is 0 Å². The summed E-state index contributed by atoms with van der Waals surface area (Å²) in [5.41, 5.74) is 7.60. The minimum absolute atomic E-state index is 0.521. The van der Waals surface area contributed by atoms with Gasteiger partial charge in [-0.25, -0.2) is 0 Å². The number of hydrogen-bond acceptors (Lipinski definition) is 2. The molecule has 1 rings (SSSR count). The molecule has 0 unspecified atom stereocenters. The average Bonchev–Trinajstić information content (AvgIpc) is 2.19. The van der Waals surface area contributed by atoms with Crippen LogP contribution in [0.1, 0.15) is 26.7 Å². The highest BCUT2D eigenvalue weighted by Crippen LogP contribution is 2.26. The van der Waals surface area contributed by atoms with Gasteiger partial charge in [0.05, 0.1) is 5.69 Å². The van der Waals surface area contributed by atoms with Gasteiger partial charge >= 0.3 is 0 Å². The molecule has 0 atom stereocenters. The van der Waals surface area contributed by atoms with Crippen molar-refractivity contribution in [3.63, 3.8) is 0 Å². The molecule has 1 aromatic carbocycles. The summed E-state index contributed by atoms with van der Waals surface area (Å²) in [6.45, 7) is 4.36. The summed E-state index contributed by atoms with van der Waals surface area (Å²) in [5.74, 6) is 0. The van der Waals surface area contributed by atoms with Gasteiger partial charge in [0, 0.05) is 16.2 Å². The summed E-state index contributed by atoms with van der Waals surface area (Å²) in [5, 5.41) is 3.46. The third-order valence-corrected chi connectivity index (χ3v) is 3.03. The molecular weight excluding hydrogens is 240 g/mol. The Bertz CT molecular complexity index is 295. The Balaban J connectivity index is 2.79. The van der Waals surface area contributed by atoms with Crippen LogP contribution in [0.3, 0.4) is 0 Å². The van der Waals surface area contributed by atoms with E-state index in [0.717, 1.165) is 28.7 Å². The number of nitrogens with two attached hydrogens (primary N) is 1. The second-order valence-electron chi connectivity index (χ2n) is 3.40. The Morgan fingerprint density at radius 2 is 2.00 bits per heavy atom. The highest BCUT2D eigenvalue weighted by molar-refractivity contribution is 9.10. The molecule has 1 aromatic rings. The van der Waals surface area contributed by atoms with Gasteiger partial charge in [0.25, 0.3) is 0 Å². The molecular formula is C11H17BrN2. The zero-order valence-corrected chi connectivity index (χ0v) is 10.3. The predicted octanol–water partition coefficient (Wildman–Crippen LogP) is 3.63. The van der Waals surface area contributed by atoms with Crippen molar-refractivity contribution >= 4 is 27.3 Å². The normalized spacial score (nSPS) is 10.6. The van der Waals surface area contributed by atoms with Crippen molar-refractivity contribution in [1.82, 2.24) is 0 Å². The Labute approximate surface area is 94.0 Å². The van der Waals surface area contributed by atoms with Gasteiger partial charge in [0.1, 0.15) is 0 Å². The van der Waals surface area contributed by atoms with Crippen molar-refractivity contribution in [2.24, 2.45) is 0 Å².